The molecule has 0 aliphatic heterocycles. The maximum Gasteiger partial charge on any atom is 0.433 e. The van der Waals surface area contributed by atoms with E-state index in [2.05, 4.69) is 4.98 Å². The lowest BCUT2D eigenvalue weighted by Gasteiger charge is -2.33. The predicted octanol–water partition coefficient (Wildman–Crippen LogP) is 5.08. The van der Waals surface area contributed by atoms with E-state index in [1.165, 1.54) is 18.2 Å². The number of ether oxygens (including phenoxy) is 1. The number of hydrogen-bond donors (Lipinski definition) is 1. The number of non-ortho nitro benzene ring substituents is 1. The molecule has 0 spiro atoms. The lowest BCUT2D eigenvalue weighted by molar-refractivity contribution is -0.384. The van der Waals surface area contributed by atoms with Gasteiger partial charge in [-0.25, -0.2) is 9.78 Å². The van der Waals surface area contributed by atoms with Crippen LogP contribution < -0.4 is 4.74 Å². The van der Waals surface area contributed by atoms with Gasteiger partial charge >= 0.3 is 12.3 Å². The third-order valence-corrected chi connectivity index (χ3v) is 3.78. The fourth-order valence-electron chi connectivity index (χ4n) is 2.40. The Morgan fingerprint density at radius 1 is 1.24 bits per heavy atom. The maximum absolute atomic E-state index is 13.2. The van der Waals surface area contributed by atoms with Crippen molar-refractivity contribution in [3.05, 3.63) is 57.8 Å². The summed E-state index contributed by atoms with van der Waals surface area (Å²) in [6.45, 7) is 4.48. The molecule has 2 aromatic rings. The molecule has 0 aliphatic carbocycles. The third-order valence-electron chi connectivity index (χ3n) is 3.78. The van der Waals surface area contributed by atoms with Crippen molar-refractivity contribution < 1.29 is 32.7 Å². The number of carboxylic acid groups (broad SMARTS) is 1. The zero-order valence-corrected chi connectivity index (χ0v) is 15.7. The molecule has 29 heavy (non-hydrogen) atoms. The Morgan fingerprint density at radius 3 is 2.41 bits per heavy atom. The smallest absolute Gasteiger partial charge is 0.433 e. The molecule has 0 saturated carbocycles. The van der Waals surface area contributed by atoms with Crippen molar-refractivity contribution in [1.82, 2.24) is 9.88 Å². The summed E-state index contributed by atoms with van der Waals surface area (Å²) in [6, 6.07) is 6.78. The Labute approximate surface area is 163 Å². The van der Waals surface area contributed by atoms with Crippen LogP contribution in [0.3, 0.4) is 0 Å². The first-order valence-electron chi connectivity index (χ1n) is 8.28. The topological polar surface area (TPSA) is 106 Å². The SMILES string of the molecule is CC(C)(C)N(Cc1cc(Oc2cccc([N+](=O)[O-])c2)nc(C(F)(F)F)c1)C(=O)O. The van der Waals surface area contributed by atoms with Gasteiger partial charge in [0.25, 0.3) is 5.69 Å². The molecule has 11 heteroatoms. The average molecular weight is 413 g/mol. The number of rotatable bonds is 5. The molecule has 1 heterocycles. The highest BCUT2D eigenvalue weighted by Crippen LogP contribution is 2.33. The van der Waals surface area contributed by atoms with Gasteiger partial charge < -0.3 is 9.84 Å². The van der Waals surface area contributed by atoms with Crippen molar-refractivity contribution in [3.8, 4) is 11.6 Å². The number of nitro benzene ring substituents is 1. The first-order chi connectivity index (χ1) is 13.3. The van der Waals surface area contributed by atoms with Gasteiger partial charge in [-0.05, 0) is 38.5 Å². The number of hydrogen-bond acceptors (Lipinski definition) is 5. The largest absolute Gasteiger partial charge is 0.465 e. The minimum absolute atomic E-state index is 0.00470. The van der Waals surface area contributed by atoms with E-state index in [0.29, 0.717) is 0 Å². The summed E-state index contributed by atoms with van der Waals surface area (Å²) in [5, 5.41) is 20.2. The minimum atomic E-state index is -4.80. The normalized spacial score (nSPS) is 11.8. The van der Waals surface area contributed by atoms with Gasteiger partial charge in [0.05, 0.1) is 11.0 Å². The predicted molar refractivity (Wildman–Crippen MR) is 95.7 cm³/mol. The molecular formula is C18H18F3N3O5. The van der Waals surface area contributed by atoms with E-state index in [-0.39, 0.29) is 23.5 Å². The number of nitro groups is 1. The fraction of sp³-hybridized carbons (Fsp3) is 0.333. The molecule has 1 aromatic heterocycles. The molecule has 0 bridgehead atoms. The van der Waals surface area contributed by atoms with Crippen LogP contribution in [-0.2, 0) is 12.7 Å². The molecule has 0 atom stereocenters. The van der Waals surface area contributed by atoms with E-state index in [1.807, 2.05) is 0 Å². The molecule has 0 fully saturated rings. The summed E-state index contributed by atoms with van der Waals surface area (Å²) in [7, 11) is 0. The minimum Gasteiger partial charge on any atom is -0.465 e. The number of pyridine rings is 1. The maximum atomic E-state index is 13.2. The number of nitrogens with zero attached hydrogens (tertiary/aromatic N) is 3. The van der Waals surface area contributed by atoms with Crippen LogP contribution in [0.1, 0.15) is 32.0 Å². The molecule has 0 radical (unpaired) electrons. The van der Waals surface area contributed by atoms with Gasteiger partial charge in [-0.3, -0.25) is 15.0 Å². The lowest BCUT2D eigenvalue weighted by atomic mass is 10.1. The van der Waals surface area contributed by atoms with Gasteiger partial charge in [0, 0.05) is 24.2 Å². The van der Waals surface area contributed by atoms with Crippen LogP contribution in [0.2, 0.25) is 0 Å². The van der Waals surface area contributed by atoms with E-state index < -0.39 is 34.3 Å². The lowest BCUT2D eigenvalue weighted by Crippen LogP contribution is -2.44. The highest BCUT2D eigenvalue weighted by atomic mass is 19.4. The van der Waals surface area contributed by atoms with Crippen molar-refractivity contribution in [1.29, 1.82) is 0 Å². The van der Waals surface area contributed by atoms with E-state index in [1.54, 1.807) is 20.8 Å². The van der Waals surface area contributed by atoms with Gasteiger partial charge in [0.2, 0.25) is 5.88 Å². The summed E-state index contributed by atoms with van der Waals surface area (Å²) >= 11 is 0. The molecule has 1 N–H and O–H groups in total. The molecule has 2 rings (SSSR count). The zero-order chi connectivity index (χ0) is 22.0. The summed E-state index contributed by atoms with van der Waals surface area (Å²) in [4.78, 5) is 26.1. The standard InChI is InChI=1S/C18H18F3N3O5/c1-17(2,3)23(16(25)26)10-11-7-14(18(19,20)21)22-15(8-11)29-13-6-4-5-12(9-13)24(27)28/h4-9H,10H2,1-3H3,(H,25,26). The van der Waals surface area contributed by atoms with E-state index in [0.717, 1.165) is 23.1 Å². The molecule has 8 nitrogen and oxygen atoms in total. The van der Waals surface area contributed by atoms with Gasteiger partial charge in [-0.1, -0.05) is 6.07 Å². The Kier molecular flexibility index (Phi) is 6.00. The Morgan fingerprint density at radius 2 is 1.90 bits per heavy atom. The van der Waals surface area contributed by atoms with Crippen LogP contribution in [0, 0.1) is 10.1 Å². The van der Waals surface area contributed by atoms with Crippen molar-refractivity contribution in [2.45, 2.75) is 39.0 Å². The molecule has 0 unspecified atom stereocenters. The first kappa shape index (κ1) is 21.9. The summed E-state index contributed by atoms with van der Waals surface area (Å²) in [5.41, 5.74) is -2.44. The van der Waals surface area contributed by atoms with Gasteiger partial charge in [-0.2, -0.15) is 13.2 Å². The van der Waals surface area contributed by atoms with Gasteiger partial charge in [-0.15, -0.1) is 0 Å². The summed E-state index contributed by atoms with van der Waals surface area (Å²) in [5.74, 6) is -0.544. The molecule has 1 amide bonds. The van der Waals surface area contributed by atoms with Gasteiger partial charge in [0.1, 0.15) is 11.4 Å². The van der Waals surface area contributed by atoms with E-state index in [4.69, 9.17) is 4.74 Å². The second kappa shape index (κ2) is 7.94. The van der Waals surface area contributed by atoms with Crippen LogP contribution in [0.15, 0.2) is 36.4 Å². The Balaban J connectivity index is 2.45. The average Bonchev–Trinajstić information content (AvgIpc) is 2.57. The summed E-state index contributed by atoms with van der Waals surface area (Å²) < 4.78 is 45.0. The van der Waals surface area contributed by atoms with Crippen molar-refractivity contribution in [2.24, 2.45) is 0 Å². The Bertz CT molecular complexity index is 926. The fourth-order valence-corrected chi connectivity index (χ4v) is 2.40. The number of aromatic nitrogens is 1. The van der Waals surface area contributed by atoms with Crippen LogP contribution >= 0.6 is 0 Å². The molecule has 1 aromatic carbocycles. The molecular weight excluding hydrogens is 395 g/mol. The second-order valence-corrected chi connectivity index (χ2v) is 7.09. The summed E-state index contributed by atoms with van der Waals surface area (Å²) in [6.07, 6.45) is -6.10. The van der Waals surface area contributed by atoms with Crippen molar-refractivity contribution >= 4 is 11.8 Å². The number of amides is 1. The molecule has 0 aliphatic rings. The van der Waals surface area contributed by atoms with Crippen LogP contribution in [0.25, 0.3) is 0 Å². The van der Waals surface area contributed by atoms with Crippen LogP contribution in [0.4, 0.5) is 23.7 Å². The number of alkyl halides is 3. The van der Waals surface area contributed by atoms with Crippen LogP contribution in [-0.4, -0.2) is 31.5 Å². The van der Waals surface area contributed by atoms with Crippen LogP contribution in [0.5, 0.6) is 11.6 Å². The van der Waals surface area contributed by atoms with Crippen molar-refractivity contribution in [3.63, 3.8) is 0 Å². The van der Waals surface area contributed by atoms with E-state index in [9.17, 15) is 33.2 Å². The highest BCUT2D eigenvalue weighted by Gasteiger charge is 2.34. The zero-order valence-electron chi connectivity index (χ0n) is 15.7. The van der Waals surface area contributed by atoms with E-state index >= 15 is 0 Å². The van der Waals surface area contributed by atoms with Gasteiger partial charge in [0.15, 0.2) is 0 Å². The number of benzene rings is 1. The highest BCUT2D eigenvalue weighted by molar-refractivity contribution is 5.66. The van der Waals surface area contributed by atoms with Crippen molar-refractivity contribution in [2.75, 3.05) is 0 Å². The third kappa shape index (κ3) is 5.80. The Hall–Kier alpha value is -3.37. The second-order valence-electron chi connectivity index (χ2n) is 7.09. The number of carbonyl (C=O) groups is 1. The number of halogens is 3. The molecule has 156 valence electrons. The first-order valence-corrected chi connectivity index (χ1v) is 8.28. The monoisotopic (exact) mass is 413 g/mol. The molecule has 0 saturated heterocycles. The quantitative estimate of drug-likeness (QED) is 0.541.